The number of nitrogens with one attached hydrogen (secondary N) is 1. The number of nitrogens with zero attached hydrogens (tertiary/aromatic N) is 2. The zero-order chi connectivity index (χ0) is 25.8. The number of benzene rings is 2. The summed E-state index contributed by atoms with van der Waals surface area (Å²) in [6.07, 6.45) is 1.75. The number of aromatic nitrogens is 1. The summed E-state index contributed by atoms with van der Waals surface area (Å²) >= 11 is 0. The number of anilines is 1. The predicted octanol–water partition coefficient (Wildman–Crippen LogP) is 5.10. The zero-order valence-electron chi connectivity index (χ0n) is 21.3. The topological polar surface area (TPSA) is 82.5 Å². The molecule has 0 aliphatic carbocycles. The lowest BCUT2D eigenvalue weighted by Crippen LogP contribution is -2.50. The van der Waals surface area contributed by atoms with Gasteiger partial charge in [-0.15, -0.1) is 0 Å². The van der Waals surface area contributed by atoms with Crippen molar-refractivity contribution in [3.05, 3.63) is 95.8 Å². The van der Waals surface area contributed by atoms with Gasteiger partial charge in [-0.05, 0) is 55.5 Å². The van der Waals surface area contributed by atoms with E-state index >= 15 is 0 Å². The molecule has 6 nitrogen and oxygen atoms in total. The first kappa shape index (κ1) is 26.1. The summed E-state index contributed by atoms with van der Waals surface area (Å²) in [6.45, 7) is 12.0. The average Bonchev–Trinajstić information content (AvgIpc) is 2.81. The van der Waals surface area contributed by atoms with Crippen LogP contribution in [0.4, 0.5) is 5.69 Å². The third-order valence-electron chi connectivity index (χ3n) is 5.60. The van der Waals surface area contributed by atoms with Gasteiger partial charge in [0.2, 0.25) is 5.91 Å². The van der Waals surface area contributed by atoms with Crippen molar-refractivity contribution in [3.63, 3.8) is 0 Å². The SMILES string of the molecule is CC(C)(C)NC(=O)C(c1cccnc1)N(C(=O)[C@H](O)c1ccccc1)c1ccc(C(C)(C)C)cc1. The molecule has 3 rings (SSSR count). The Morgan fingerprint density at radius 2 is 1.46 bits per heavy atom. The molecule has 2 atom stereocenters. The first-order valence-electron chi connectivity index (χ1n) is 11.8. The predicted molar refractivity (Wildman–Crippen MR) is 139 cm³/mol. The molecule has 184 valence electrons. The highest BCUT2D eigenvalue weighted by Gasteiger charge is 2.37. The highest BCUT2D eigenvalue weighted by molar-refractivity contribution is 6.03. The molecule has 0 radical (unpaired) electrons. The summed E-state index contributed by atoms with van der Waals surface area (Å²) in [5.74, 6) is -0.961. The van der Waals surface area contributed by atoms with Gasteiger partial charge < -0.3 is 10.4 Å². The summed E-state index contributed by atoms with van der Waals surface area (Å²) in [7, 11) is 0. The van der Waals surface area contributed by atoms with Crippen molar-refractivity contribution >= 4 is 17.5 Å². The summed E-state index contributed by atoms with van der Waals surface area (Å²) in [4.78, 5) is 33.1. The van der Waals surface area contributed by atoms with Gasteiger partial charge in [0.25, 0.3) is 5.91 Å². The van der Waals surface area contributed by atoms with Crippen LogP contribution in [0.1, 0.15) is 70.4 Å². The second kappa shape index (κ2) is 10.4. The van der Waals surface area contributed by atoms with Crippen molar-refractivity contribution < 1.29 is 14.7 Å². The molecule has 0 bridgehead atoms. The molecule has 0 aliphatic rings. The number of hydrogen-bond donors (Lipinski definition) is 2. The quantitative estimate of drug-likeness (QED) is 0.522. The number of carbonyl (C=O) groups is 2. The van der Waals surface area contributed by atoms with Crippen LogP contribution in [0.3, 0.4) is 0 Å². The number of aliphatic hydroxyl groups excluding tert-OH is 1. The second-order valence-electron chi connectivity index (χ2n) is 10.7. The zero-order valence-corrected chi connectivity index (χ0v) is 21.3. The second-order valence-corrected chi connectivity index (χ2v) is 10.7. The van der Waals surface area contributed by atoms with E-state index in [1.807, 2.05) is 51.1 Å². The molecule has 2 amide bonds. The minimum atomic E-state index is -1.44. The molecule has 2 N–H and O–H groups in total. The lowest BCUT2D eigenvalue weighted by atomic mass is 9.87. The van der Waals surface area contributed by atoms with Crippen LogP contribution in [-0.4, -0.2) is 27.4 Å². The van der Waals surface area contributed by atoms with Crippen LogP contribution in [0, 0.1) is 0 Å². The van der Waals surface area contributed by atoms with Crippen LogP contribution in [0.15, 0.2) is 79.1 Å². The Hall–Kier alpha value is -3.51. The van der Waals surface area contributed by atoms with Crippen LogP contribution in [0.25, 0.3) is 0 Å². The molecule has 6 heteroatoms. The van der Waals surface area contributed by atoms with Crippen LogP contribution in [-0.2, 0) is 15.0 Å². The van der Waals surface area contributed by atoms with Crippen molar-refractivity contribution in [1.82, 2.24) is 10.3 Å². The van der Waals surface area contributed by atoms with Crippen LogP contribution < -0.4 is 10.2 Å². The first-order valence-corrected chi connectivity index (χ1v) is 11.8. The van der Waals surface area contributed by atoms with Crippen LogP contribution >= 0.6 is 0 Å². The third-order valence-corrected chi connectivity index (χ3v) is 5.60. The molecular formula is C29H35N3O3. The number of carbonyl (C=O) groups excluding carboxylic acids is 2. The van der Waals surface area contributed by atoms with Gasteiger partial charge in [0.1, 0.15) is 6.04 Å². The Bertz CT molecular complexity index is 1130. The monoisotopic (exact) mass is 473 g/mol. The Morgan fingerprint density at radius 1 is 0.857 bits per heavy atom. The third kappa shape index (κ3) is 6.55. The van der Waals surface area contributed by atoms with E-state index in [2.05, 4.69) is 31.1 Å². The van der Waals surface area contributed by atoms with Gasteiger partial charge in [-0.2, -0.15) is 0 Å². The normalized spacial score (nSPS) is 13.6. The molecule has 3 aromatic rings. The Kier molecular flexibility index (Phi) is 7.76. The summed E-state index contributed by atoms with van der Waals surface area (Å²) in [5, 5.41) is 14.1. The van der Waals surface area contributed by atoms with E-state index in [1.165, 1.54) is 4.90 Å². The van der Waals surface area contributed by atoms with Gasteiger partial charge in [-0.1, -0.05) is 69.3 Å². The molecule has 0 aliphatic heterocycles. The van der Waals surface area contributed by atoms with E-state index in [9.17, 15) is 14.7 Å². The van der Waals surface area contributed by atoms with Crippen molar-refractivity contribution in [2.24, 2.45) is 0 Å². The number of rotatable bonds is 6. The van der Waals surface area contributed by atoms with E-state index in [4.69, 9.17) is 0 Å². The van der Waals surface area contributed by atoms with Crippen molar-refractivity contribution in [3.8, 4) is 0 Å². The average molecular weight is 474 g/mol. The standard InChI is InChI=1S/C29H35N3O3/c1-28(2,3)22-14-16-23(17-15-22)32(27(35)25(33)20-11-8-7-9-12-20)24(21-13-10-18-30-19-21)26(34)31-29(4,5)6/h7-19,24-25,33H,1-6H3,(H,31,34)/t24?,25-/m1/s1. The first-order chi connectivity index (χ1) is 16.4. The molecule has 0 saturated heterocycles. The van der Waals surface area contributed by atoms with E-state index in [0.717, 1.165) is 5.56 Å². The number of pyridine rings is 1. The molecule has 1 unspecified atom stereocenters. The largest absolute Gasteiger partial charge is 0.378 e. The molecule has 1 aromatic heterocycles. The minimum Gasteiger partial charge on any atom is -0.378 e. The number of hydrogen-bond acceptors (Lipinski definition) is 4. The lowest BCUT2D eigenvalue weighted by Gasteiger charge is -2.35. The van der Waals surface area contributed by atoms with Gasteiger partial charge in [0.15, 0.2) is 6.10 Å². The van der Waals surface area contributed by atoms with Gasteiger partial charge >= 0.3 is 0 Å². The van der Waals surface area contributed by atoms with Crippen molar-refractivity contribution in [2.75, 3.05) is 4.90 Å². The van der Waals surface area contributed by atoms with E-state index < -0.39 is 23.6 Å². The molecule has 2 aromatic carbocycles. The van der Waals surface area contributed by atoms with Crippen LogP contribution in [0.2, 0.25) is 0 Å². The minimum absolute atomic E-state index is 0.0801. The Labute approximate surface area is 208 Å². The van der Waals surface area contributed by atoms with Gasteiger partial charge in [-0.25, -0.2) is 0 Å². The highest BCUT2D eigenvalue weighted by atomic mass is 16.3. The van der Waals surface area contributed by atoms with Gasteiger partial charge in [0.05, 0.1) is 0 Å². The molecule has 0 fully saturated rings. The lowest BCUT2D eigenvalue weighted by molar-refractivity contribution is -0.131. The fourth-order valence-corrected chi connectivity index (χ4v) is 3.83. The van der Waals surface area contributed by atoms with Crippen molar-refractivity contribution in [2.45, 2.75) is 64.6 Å². The van der Waals surface area contributed by atoms with Crippen LogP contribution in [0.5, 0.6) is 0 Å². The van der Waals surface area contributed by atoms with E-state index in [0.29, 0.717) is 16.8 Å². The summed E-state index contributed by atoms with van der Waals surface area (Å²) in [6, 6.07) is 18.7. The maximum Gasteiger partial charge on any atom is 0.261 e. The van der Waals surface area contributed by atoms with E-state index in [1.54, 1.807) is 48.8 Å². The van der Waals surface area contributed by atoms with Gasteiger partial charge in [-0.3, -0.25) is 19.5 Å². The highest BCUT2D eigenvalue weighted by Crippen LogP contribution is 2.33. The smallest absolute Gasteiger partial charge is 0.261 e. The van der Waals surface area contributed by atoms with E-state index in [-0.39, 0.29) is 11.3 Å². The molecule has 0 saturated carbocycles. The summed E-state index contributed by atoms with van der Waals surface area (Å²) in [5.41, 5.74) is 1.99. The fourth-order valence-electron chi connectivity index (χ4n) is 3.83. The van der Waals surface area contributed by atoms with Crippen molar-refractivity contribution in [1.29, 1.82) is 0 Å². The molecule has 0 spiro atoms. The Balaban J connectivity index is 2.16. The maximum absolute atomic E-state index is 13.9. The maximum atomic E-state index is 13.9. The summed E-state index contributed by atoms with van der Waals surface area (Å²) < 4.78 is 0. The number of aliphatic hydroxyl groups is 1. The number of amides is 2. The molecule has 35 heavy (non-hydrogen) atoms. The van der Waals surface area contributed by atoms with Gasteiger partial charge in [0, 0.05) is 29.2 Å². The molecule has 1 heterocycles. The molecular weight excluding hydrogens is 438 g/mol. The Morgan fingerprint density at radius 3 is 1.97 bits per heavy atom. The fraction of sp³-hybridized carbons (Fsp3) is 0.345.